The Hall–Kier alpha value is -1.72. The summed E-state index contributed by atoms with van der Waals surface area (Å²) >= 11 is 0. The van der Waals surface area contributed by atoms with E-state index in [1.165, 1.54) is 31.4 Å². The molecule has 2 aromatic rings. The van der Waals surface area contributed by atoms with Crippen LogP contribution in [0.3, 0.4) is 0 Å². The summed E-state index contributed by atoms with van der Waals surface area (Å²) in [6.45, 7) is 2.61. The number of nitrogens with one attached hydrogen (secondary N) is 2. The van der Waals surface area contributed by atoms with Gasteiger partial charge in [0.25, 0.3) is 0 Å². The van der Waals surface area contributed by atoms with Crippen LogP contribution in [0.1, 0.15) is 56.5 Å². The van der Waals surface area contributed by atoms with Crippen molar-refractivity contribution >= 4 is 0 Å². The van der Waals surface area contributed by atoms with Gasteiger partial charge < -0.3 is 15.0 Å². The first-order chi connectivity index (χ1) is 12.3. The third kappa shape index (κ3) is 3.62. The lowest BCUT2D eigenvalue weighted by molar-refractivity contribution is -0.104. The number of H-pyrrole nitrogens is 1. The third-order valence-electron chi connectivity index (χ3n) is 6.00. The van der Waals surface area contributed by atoms with E-state index >= 15 is 0 Å². The lowest BCUT2D eigenvalue weighted by Gasteiger charge is -2.46. The summed E-state index contributed by atoms with van der Waals surface area (Å²) in [5.74, 6) is 0.992. The summed E-state index contributed by atoms with van der Waals surface area (Å²) in [6, 6.07) is 6.34. The molecule has 1 saturated heterocycles. The maximum Gasteiger partial charge on any atom is 0.120 e. The van der Waals surface area contributed by atoms with Crippen LogP contribution in [0.25, 0.3) is 0 Å². The molecule has 2 aromatic heterocycles. The summed E-state index contributed by atoms with van der Waals surface area (Å²) in [4.78, 5) is 12.2. The average Bonchev–Trinajstić information content (AvgIpc) is 3.32. The number of rotatable bonds is 6. The molecule has 3 heterocycles. The molecular weight excluding hydrogens is 312 g/mol. The molecule has 2 aliphatic rings. The smallest absolute Gasteiger partial charge is 0.120 e. The zero-order valence-corrected chi connectivity index (χ0v) is 14.8. The highest BCUT2D eigenvalue weighted by Gasteiger charge is 2.48. The van der Waals surface area contributed by atoms with Crippen molar-refractivity contribution in [3.63, 3.8) is 0 Å². The molecule has 5 nitrogen and oxygen atoms in total. The van der Waals surface area contributed by atoms with Crippen molar-refractivity contribution < 1.29 is 4.74 Å². The lowest BCUT2D eigenvalue weighted by Crippen LogP contribution is -2.47. The zero-order chi connectivity index (χ0) is 17.0. The number of aromatic nitrogens is 3. The first-order valence-electron chi connectivity index (χ1n) is 9.55. The summed E-state index contributed by atoms with van der Waals surface area (Å²) < 4.78 is 6.31. The van der Waals surface area contributed by atoms with E-state index < -0.39 is 0 Å². The average molecular weight is 340 g/mol. The van der Waals surface area contributed by atoms with E-state index in [0.717, 1.165) is 44.8 Å². The summed E-state index contributed by atoms with van der Waals surface area (Å²) in [7, 11) is 0. The Morgan fingerprint density at radius 1 is 1.12 bits per heavy atom. The van der Waals surface area contributed by atoms with E-state index in [1.807, 2.05) is 18.5 Å². The van der Waals surface area contributed by atoms with Gasteiger partial charge in [-0.2, -0.15) is 0 Å². The van der Waals surface area contributed by atoms with Crippen molar-refractivity contribution in [2.75, 3.05) is 13.2 Å². The molecule has 5 heteroatoms. The number of ether oxygens (including phenoxy) is 1. The summed E-state index contributed by atoms with van der Waals surface area (Å²) in [5, 5.41) is 3.55. The van der Waals surface area contributed by atoms with Gasteiger partial charge in [-0.25, -0.2) is 4.98 Å². The van der Waals surface area contributed by atoms with Crippen LogP contribution in [0.2, 0.25) is 0 Å². The molecule has 4 rings (SSSR count). The largest absolute Gasteiger partial charge is 0.375 e. The first kappa shape index (κ1) is 16.7. The molecule has 1 aliphatic carbocycles. The molecule has 1 aliphatic heterocycles. The monoisotopic (exact) mass is 340 g/mol. The molecule has 2 N–H and O–H groups in total. The molecular formula is C20H28N4O. The third-order valence-corrected chi connectivity index (χ3v) is 6.00. The standard InChI is InChI=1S/C20H28N4O/c1-4-10-22-17(5-1)19(8-11-21-15-18-23-12-13-24-18)9-14-25-20(16-19)6-2-3-7-20/h1,4-5,10,12-13,21H,2-3,6-9,11,14-16H2,(H,23,24)/t19-/m1/s1. The molecule has 25 heavy (non-hydrogen) atoms. The quantitative estimate of drug-likeness (QED) is 0.792. The highest BCUT2D eigenvalue weighted by atomic mass is 16.5. The van der Waals surface area contributed by atoms with Crippen LogP contribution in [-0.2, 0) is 16.7 Å². The molecule has 0 bridgehead atoms. The molecule has 1 spiro atoms. The molecule has 0 unspecified atom stereocenters. The van der Waals surface area contributed by atoms with Crippen LogP contribution >= 0.6 is 0 Å². The minimum Gasteiger partial charge on any atom is -0.375 e. The second-order valence-corrected chi connectivity index (χ2v) is 7.62. The maximum absolute atomic E-state index is 6.31. The van der Waals surface area contributed by atoms with E-state index in [-0.39, 0.29) is 11.0 Å². The van der Waals surface area contributed by atoms with Crippen molar-refractivity contribution in [2.24, 2.45) is 0 Å². The van der Waals surface area contributed by atoms with Crippen molar-refractivity contribution in [3.05, 3.63) is 48.3 Å². The summed E-state index contributed by atoms with van der Waals surface area (Å²) in [5.41, 5.74) is 1.46. The Bertz CT molecular complexity index is 652. The predicted octanol–water partition coefficient (Wildman–Crippen LogP) is 3.35. The Balaban J connectivity index is 1.48. The van der Waals surface area contributed by atoms with Gasteiger partial charge in [-0.1, -0.05) is 18.9 Å². The minimum absolute atomic E-state index is 0.0940. The van der Waals surface area contributed by atoms with Crippen molar-refractivity contribution in [3.8, 4) is 0 Å². The van der Waals surface area contributed by atoms with Crippen LogP contribution < -0.4 is 5.32 Å². The Morgan fingerprint density at radius 3 is 2.80 bits per heavy atom. The molecule has 2 fully saturated rings. The fourth-order valence-corrected chi connectivity index (χ4v) is 4.73. The SMILES string of the molecule is c1ccc([C@]2(CCNCc3ncc[nH]3)CCOC3(CCCC3)C2)nc1. The van der Waals surface area contributed by atoms with Crippen molar-refractivity contribution in [2.45, 2.75) is 62.5 Å². The van der Waals surface area contributed by atoms with E-state index in [9.17, 15) is 0 Å². The number of hydrogen-bond acceptors (Lipinski definition) is 4. The zero-order valence-electron chi connectivity index (χ0n) is 14.8. The lowest BCUT2D eigenvalue weighted by atomic mass is 9.68. The van der Waals surface area contributed by atoms with Gasteiger partial charge >= 0.3 is 0 Å². The van der Waals surface area contributed by atoms with Crippen LogP contribution in [0.15, 0.2) is 36.8 Å². The van der Waals surface area contributed by atoms with Crippen molar-refractivity contribution in [1.82, 2.24) is 20.3 Å². The topological polar surface area (TPSA) is 62.8 Å². The normalized spacial score (nSPS) is 25.4. The van der Waals surface area contributed by atoms with Gasteiger partial charge in [0, 0.05) is 36.3 Å². The molecule has 0 amide bonds. The van der Waals surface area contributed by atoms with Gasteiger partial charge in [-0.15, -0.1) is 0 Å². The fourth-order valence-electron chi connectivity index (χ4n) is 4.73. The van der Waals surface area contributed by atoms with E-state index in [0.29, 0.717) is 0 Å². The van der Waals surface area contributed by atoms with Crippen LogP contribution in [0.4, 0.5) is 0 Å². The molecule has 134 valence electrons. The van der Waals surface area contributed by atoms with E-state index in [2.05, 4.69) is 27.4 Å². The molecule has 1 atom stereocenters. The van der Waals surface area contributed by atoms with Crippen LogP contribution in [-0.4, -0.2) is 33.7 Å². The second-order valence-electron chi connectivity index (χ2n) is 7.62. The number of nitrogens with zero attached hydrogens (tertiary/aromatic N) is 2. The van der Waals surface area contributed by atoms with Gasteiger partial charge in [0.15, 0.2) is 0 Å². The first-order valence-corrected chi connectivity index (χ1v) is 9.55. The minimum atomic E-state index is 0.0940. The van der Waals surface area contributed by atoms with Gasteiger partial charge in [-0.05, 0) is 50.8 Å². The number of hydrogen-bond donors (Lipinski definition) is 2. The Labute approximate surface area is 149 Å². The Kier molecular flexibility index (Phi) is 4.86. The van der Waals surface area contributed by atoms with Gasteiger partial charge in [0.1, 0.15) is 5.82 Å². The highest BCUT2D eigenvalue weighted by molar-refractivity contribution is 5.20. The van der Waals surface area contributed by atoms with Crippen LogP contribution in [0.5, 0.6) is 0 Å². The molecule has 0 radical (unpaired) electrons. The fraction of sp³-hybridized carbons (Fsp3) is 0.600. The van der Waals surface area contributed by atoms with E-state index in [4.69, 9.17) is 9.72 Å². The van der Waals surface area contributed by atoms with Gasteiger partial charge in [-0.3, -0.25) is 4.98 Å². The number of pyridine rings is 1. The summed E-state index contributed by atoms with van der Waals surface area (Å²) in [6.07, 6.45) is 13.9. The van der Waals surface area contributed by atoms with Gasteiger partial charge in [0.05, 0.1) is 12.1 Å². The second kappa shape index (κ2) is 7.26. The maximum atomic E-state index is 6.31. The molecule has 0 aromatic carbocycles. The van der Waals surface area contributed by atoms with Crippen LogP contribution in [0, 0.1) is 0 Å². The van der Waals surface area contributed by atoms with Crippen molar-refractivity contribution in [1.29, 1.82) is 0 Å². The van der Waals surface area contributed by atoms with Gasteiger partial charge in [0.2, 0.25) is 0 Å². The van der Waals surface area contributed by atoms with E-state index in [1.54, 1.807) is 6.20 Å². The number of imidazole rings is 1. The number of aromatic amines is 1. The predicted molar refractivity (Wildman–Crippen MR) is 97.2 cm³/mol. The molecule has 1 saturated carbocycles. The Morgan fingerprint density at radius 2 is 2.04 bits per heavy atom. The highest BCUT2D eigenvalue weighted by Crippen LogP contribution is 2.49.